The van der Waals surface area contributed by atoms with Gasteiger partial charge in [-0.2, -0.15) is 0 Å². The van der Waals surface area contributed by atoms with Gasteiger partial charge in [0.1, 0.15) is 11.6 Å². The number of nitrogens with one attached hydrogen (secondary N) is 2. The molecule has 0 atom stereocenters. The van der Waals surface area contributed by atoms with Crippen molar-refractivity contribution in [1.29, 1.82) is 0 Å². The third-order valence-corrected chi connectivity index (χ3v) is 6.56. The van der Waals surface area contributed by atoms with Gasteiger partial charge in [-0.3, -0.25) is 9.69 Å². The highest BCUT2D eigenvalue weighted by Gasteiger charge is 2.17. The lowest BCUT2D eigenvalue weighted by atomic mass is 10.1. The molecule has 0 radical (unpaired) electrons. The number of nitrogens with zero attached hydrogens (tertiary/aromatic N) is 2. The number of anilines is 2. The van der Waals surface area contributed by atoms with Crippen LogP contribution in [0.2, 0.25) is 0 Å². The fourth-order valence-electron chi connectivity index (χ4n) is 3.94. The molecule has 0 bridgehead atoms. The molecule has 0 saturated carbocycles. The van der Waals surface area contributed by atoms with Crippen LogP contribution in [0.15, 0.2) is 53.9 Å². The topological polar surface area (TPSA) is 66.5 Å². The SMILES string of the molecule is O=C(NCCN1CCOCC1)c1cccc2c1nc(Nc1ccccc1F)c1ccsc12. The minimum absolute atomic E-state index is 0.163. The number of para-hydroxylation sites is 2. The van der Waals surface area contributed by atoms with Crippen molar-refractivity contribution in [3.8, 4) is 0 Å². The number of amides is 1. The summed E-state index contributed by atoms with van der Waals surface area (Å²) in [6.07, 6.45) is 0. The molecule has 0 spiro atoms. The van der Waals surface area contributed by atoms with E-state index in [1.54, 1.807) is 35.6 Å². The van der Waals surface area contributed by atoms with Crippen molar-refractivity contribution < 1.29 is 13.9 Å². The second-order valence-corrected chi connectivity index (χ2v) is 8.56. The van der Waals surface area contributed by atoms with Crippen LogP contribution in [0.5, 0.6) is 0 Å². The monoisotopic (exact) mass is 450 g/mol. The van der Waals surface area contributed by atoms with E-state index in [0.717, 1.165) is 48.3 Å². The van der Waals surface area contributed by atoms with Crippen molar-refractivity contribution in [3.05, 3.63) is 65.3 Å². The van der Waals surface area contributed by atoms with E-state index in [2.05, 4.69) is 15.5 Å². The molecule has 0 unspecified atom stereocenters. The maximum absolute atomic E-state index is 14.3. The first-order valence-corrected chi connectivity index (χ1v) is 11.5. The number of pyridine rings is 1. The van der Waals surface area contributed by atoms with Crippen molar-refractivity contribution in [2.45, 2.75) is 0 Å². The third-order valence-electron chi connectivity index (χ3n) is 5.61. The third kappa shape index (κ3) is 4.17. The molecule has 5 rings (SSSR count). The second kappa shape index (κ2) is 9.20. The van der Waals surface area contributed by atoms with E-state index in [1.165, 1.54) is 6.07 Å². The number of rotatable bonds is 6. The zero-order chi connectivity index (χ0) is 21.9. The number of hydrogen-bond donors (Lipinski definition) is 2. The molecule has 3 heterocycles. The summed E-state index contributed by atoms with van der Waals surface area (Å²) in [5, 5.41) is 9.93. The molecule has 1 fully saturated rings. The van der Waals surface area contributed by atoms with Crippen molar-refractivity contribution in [2.24, 2.45) is 0 Å². The molecule has 32 heavy (non-hydrogen) atoms. The number of morpholine rings is 1. The van der Waals surface area contributed by atoms with E-state index in [1.807, 2.05) is 23.6 Å². The van der Waals surface area contributed by atoms with E-state index in [0.29, 0.717) is 29.1 Å². The summed E-state index contributed by atoms with van der Waals surface area (Å²) in [4.78, 5) is 20.1. The maximum atomic E-state index is 14.3. The Labute approximate surface area is 189 Å². The Morgan fingerprint density at radius 3 is 2.78 bits per heavy atom. The standard InChI is InChI=1S/C24H23FN4O2S/c25-19-6-1-2-7-20(19)27-23-18-8-15-32-22(18)16-4-3-5-17(21(16)28-23)24(30)26-9-10-29-11-13-31-14-12-29/h1-8,15H,9-14H2,(H,26,30)(H,27,28). The number of halogens is 1. The zero-order valence-electron chi connectivity index (χ0n) is 17.4. The highest BCUT2D eigenvalue weighted by atomic mass is 32.1. The lowest BCUT2D eigenvalue weighted by molar-refractivity contribution is 0.0383. The van der Waals surface area contributed by atoms with E-state index in [4.69, 9.17) is 9.72 Å². The van der Waals surface area contributed by atoms with Gasteiger partial charge in [0.2, 0.25) is 0 Å². The van der Waals surface area contributed by atoms with Crippen LogP contribution in [0.3, 0.4) is 0 Å². The van der Waals surface area contributed by atoms with Crippen LogP contribution in [0.1, 0.15) is 10.4 Å². The van der Waals surface area contributed by atoms with E-state index in [-0.39, 0.29) is 11.7 Å². The number of hydrogen-bond acceptors (Lipinski definition) is 6. The van der Waals surface area contributed by atoms with Gasteiger partial charge in [0.25, 0.3) is 5.91 Å². The molecule has 164 valence electrons. The first-order valence-electron chi connectivity index (χ1n) is 10.6. The van der Waals surface area contributed by atoms with Gasteiger partial charge in [0.15, 0.2) is 0 Å². The van der Waals surface area contributed by atoms with Crippen LogP contribution in [0.25, 0.3) is 21.0 Å². The molecule has 0 aliphatic carbocycles. The van der Waals surface area contributed by atoms with Gasteiger partial charge in [-0.05, 0) is 29.6 Å². The lowest BCUT2D eigenvalue weighted by Crippen LogP contribution is -2.41. The van der Waals surface area contributed by atoms with E-state index >= 15 is 0 Å². The Hall–Kier alpha value is -3.07. The molecular weight excluding hydrogens is 427 g/mol. The summed E-state index contributed by atoms with van der Waals surface area (Å²) in [6, 6.07) is 14.1. The molecule has 2 N–H and O–H groups in total. The molecule has 8 heteroatoms. The number of carbonyl (C=O) groups is 1. The van der Waals surface area contributed by atoms with Crippen molar-refractivity contribution >= 4 is 49.7 Å². The predicted octanol–water partition coefficient (Wildman–Crippen LogP) is 4.39. The van der Waals surface area contributed by atoms with Gasteiger partial charge >= 0.3 is 0 Å². The second-order valence-electron chi connectivity index (χ2n) is 7.64. The zero-order valence-corrected chi connectivity index (χ0v) is 18.3. The first kappa shape index (κ1) is 20.8. The van der Waals surface area contributed by atoms with Crippen molar-refractivity contribution in [1.82, 2.24) is 15.2 Å². The number of aromatic nitrogens is 1. The van der Waals surface area contributed by atoms with Crippen LogP contribution >= 0.6 is 11.3 Å². The van der Waals surface area contributed by atoms with Gasteiger partial charge in [-0.15, -0.1) is 11.3 Å². The Kier molecular flexibility index (Phi) is 5.98. The number of carbonyl (C=O) groups excluding carboxylic acids is 1. The fourth-order valence-corrected chi connectivity index (χ4v) is 4.86. The van der Waals surface area contributed by atoms with Gasteiger partial charge in [0, 0.05) is 41.7 Å². The van der Waals surface area contributed by atoms with E-state index < -0.39 is 0 Å². The number of fused-ring (bicyclic) bond motifs is 3. The minimum Gasteiger partial charge on any atom is -0.379 e. The highest BCUT2D eigenvalue weighted by Crippen LogP contribution is 2.36. The molecule has 1 amide bonds. The Bertz CT molecular complexity index is 1270. The van der Waals surface area contributed by atoms with Gasteiger partial charge in [0.05, 0.1) is 30.0 Å². The number of thiophene rings is 1. The van der Waals surface area contributed by atoms with Crippen molar-refractivity contribution in [2.75, 3.05) is 44.7 Å². The molecule has 2 aromatic carbocycles. The Morgan fingerprint density at radius 1 is 1.09 bits per heavy atom. The van der Waals surface area contributed by atoms with Crippen LogP contribution in [-0.4, -0.2) is 55.2 Å². The summed E-state index contributed by atoms with van der Waals surface area (Å²) >= 11 is 1.58. The molecule has 4 aromatic rings. The quantitative estimate of drug-likeness (QED) is 0.456. The van der Waals surface area contributed by atoms with Crippen molar-refractivity contribution in [3.63, 3.8) is 0 Å². The molecule has 6 nitrogen and oxygen atoms in total. The molecule has 2 aromatic heterocycles. The Balaban J connectivity index is 1.46. The van der Waals surface area contributed by atoms with Crippen LogP contribution in [-0.2, 0) is 4.74 Å². The molecular formula is C24H23FN4O2S. The minimum atomic E-state index is -0.355. The fraction of sp³-hybridized carbons (Fsp3) is 0.250. The lowest BCUT2D eigenvalue weighted by Gasteiger charge is -2.26. The predicted molar refractivity (Wildman–Crippen MR) is 126 cm³/mol. The maximum Gasteiger partial charge on any atom is 0.253 e. The molecule has 1 saturated heterocycles. The molecule has 1 aliphatic rings. The van der Waals surface area contributed by atoms with Gasteiger partial charge < -0.3 is 15.4 Å². The van der Waals surface area contributed by atoms with Crippen LogP contribution < -0.4 is 10.6 Å². The first-order chi connectivity index (χ1) is 15.7. The van der Waals surface area contributed by atoms with E-state index in [9.17, 15) is 9.18 Å². The number of ether oxygens (including phenoxy) is 1. The summed E-state index contributed by atoms with van der Waals surface area (Å²) in [5.74, 6) is 0.0171. The van der Waals surface area contributed by atoms with Crippen LogP contribution in [0, 0.1) is 5.82 Å². The van der Waals surface area contributed by atoms with Crippen LogP contribution in [0.4, 0.5) is 15.9 Å². The highest BCUT2D eigenvalue weighted by molar-refractivity contribution is 7.18. The van der Waals surface area contributed by atoms with Gasteiger partial charge in [-0.25, -0.2) is 9.37 Å². The summed E-state index contributed by atoms with van der Waals surface area (Å²) in [5.41, 5.74) is 1.46. The summed E-state index contributed by atoms with van der Waals surface area (Å²) in [6.45, 7) is 4.56. The average molecular weight is 451 g/mol. The Morgan fingerprint density at radius 2 is 1.94 bits per heavy atom. The number of benzene rings is 2. The summed E-state index contributed by atoms with van der Waals surface area (Å²) in [7, 11) is 0. The average Bonchev–Trinajstić information content (AvgIpc) is 3.32. The smallest absolute Gasteiger partial charge is 0.253 e. The molecule has 1 aliphatic heterocycles. The van der Waals surface area contributed by atoms with Gasteiger partial charge in [-0.1, -0.05) is 24.3 Å². The summed E-state index contributed by atoms with van der Waals surface area (Å²) < 4.78 is 20.6. The normalized spacial score (nSPS) is 14.7. The largest absolute Gasteiger partial charge is 0.379 e.